The Hall–Kier alpha value is -0.980. The molecule has 2 atom stereocenters. The molecule has 21 heavy (non-hydrogen) atoms. The van der Waals surface area contributed by atoms with Crippen LogP contribution in [0, 0.1) is 11.8 Å². The molecule has 0 aromatic heterocycles. The van der Waals surface area contributed by atoms with Gasteiger partial charge in [-0.3, -0.25) is 14.5 Å². The Balaban J connectivity index is 2.15. The Morgan fingerprint density at radius 3 is 2.52 bits per heavy atom. The second kappa shape index (κ2) is 6.42. The fraction of sp³-hybridized carbons (Fsp3) is 0.867. The SMILES string of the molecule is COCC1(CN[C@H](C(=O)O)C(C)C)C(=O)C2CCN1CC2. The maximum atomic E-state index is 12.7. The number of piperidine rings is 3. The molecule has 1 unspecified atom stereocenters. The minimum atomic E-state index is -0.874. The van der Waals surface area contributed by atoms with E-state index in [9.17, 15) is 14.7 Å². The van der Waals surface area contributed by atoms with Crippen LogP contribution in [-0.4, -0.2) is 66.7 Å². The second-order valence-electron chi connectivity index (χ2n) is 6.53. The molecule has 0 saturated carbocycles. The number of ketones is 1. The predicted octanol–water partition coefficient (Wildman–Crippen LogP) is 0.365. The lowest BCUT2D eigenvalue weighted by Crippen LogP contribution is -2.71. The Morgan fingerprint density at radius 1 is 1.48 bits per heavy atom. The van der Waals surface area contributed by atoms with Crippen LogP contribution in [0.4, 0.5) is 0 Å². The van der Waals surface area contributed by atoms with Gasteiger partial charge in [-0.05, 0) is 31.8 Å². The highest BCUT2D eigenvalue weighted by molar-refractivity contribution is 5.92. The summed E-state index contributed by atoms with van der Waals surface area (Å²) >= 11 is 0. The van der Waals surface area contributed by atoms with Gasteiger partial charge >= 0.3 is 5.97 Å². The number of hydrogen-bond donors (Lipinski definition) is 2. The fourth-order valence-electron chi connectivity index (χ4n) is 3.64. The van der Waals surface area contributed by atoms with E-state index in [0.29, 0.717) is 13.2 Å². The van der Waals surface area contributed by atoms with Gasteiger partial charge in [0.1, 0.15) is 11.6 Å². The Kier molecular flexibility index (Phi) is 5.01. The molecule has 0 aromatic rings. The van der Waals surface area contributed by atoms with Gasteiger partial charge in [0.05, 0.1) is 6.61 Å². The number of nitrogens with one attached hydrogen (secondary N) is 1. The van der Waals surface area contributed by atoms with E-state index in [1.54, 1.807) is 7.11 Å². The van der Waals surface area contributed by atoms with Gasteiger partial charge in [-0.25, -0.2) is 0 Å². The van der Waals surface area contributed by atoms with E-state index in [4.69, 9.17) is 4.74 Å². The van der Waals surface area contributed by atoms with E-state index in [-0.39, 0.29) is 17.6 Å². The largest absolute Gasteiger partial charge is 0.480 e. The quantitative estimate of drug-likeness (QED) is 0.707. The van der Waals surface area contributed by atoms with Crippen molar-refractivity contribution < 1.29 is 19.4 Å². The number of Topliss-reactive ketones (excluding diaryl/α,β-unsaturated/α-hetero) is 1. The van der Waals surface area contributed by atoms with Crippen molar-refractivity contribution in [3.05, 3.63) is 0 Å². The van der Waals surface area contributed by atoms with Crippen molar-refractivity contribution in [3.8, 4) is 0 Å². The molecule has 0 aliphatic carbocycles. The van der Waals surface area contributed by atoms with Crippen LogP contribution in [0.2, 0.25) is 0 Å². The summed E-state index contributed by atoms with van der Waals surface area (Å²) in [4.78, 5) is 26.2. The smallest absolute Gasteiger partial charge is 0.320 e. The first kappa shape index (κ1) is 16.4. The number of aliphatic carboxylic acids is 1. The molecule has 3 saturated heterocycles. The van der Waals surface area contributed by atoms with Crippen molar-refractivity contribution in [1.29, 1.82) is 0 Å². The number of carboxylic acids is 1. The summed E-state index contributed by atoms with van der Waals surface area (Å²) in [7, 11) is 1.59. The number of carboxylic acid groups (broad SMARTS) is 1. The number of hydrogen-bond acceptors (Lipinski definition) is 5. The molecule has 3 aliphatic heterocycles. The van der Waals surface area contributed by atoms with Crippen LogP contribution in [0.15, 0.2) is 0 Å². The molecular formula is C15H26N2O4. The zero-order chi connectivity index (χ0) is 15.6. The van der Waals surface area contributed by atoms with Crippen LogP contribution < -0.4 is 5.32 Å². The monoisotopic (exact) mass is 298 g/mol. The molecule has 3 fully saturated rings. The number of ether oxygens (including phenoxy) is 1. The van der Waals surface area contributed by atoms with E-state index < -0.39 is 17.6 Å². The van der Waals surface area contributed by atoms with Gasteiger partial charge in [0.2, 0.25) is 0 Å². The number of rotatable bonds is 7. The highest BCUT2D eigenvalue weighted by Gasteiger charge is 2.53. The minimum absolute atomic E-state index is 0.0343. The summed E-state index contributed by atoms with van der Waals surface area (Å²) in [6.45, 7) is 6.17. The maximum absolute atomic E-state index is 12.7. The van der Waals surface area contributed by atoms with Crippen molar-refractivity contribution in [2.24, 2.45) is 11.8 Å². The van der Waals surface area contributed by atoms with E-state index >= 15 is 0 Å². The highest BCUT2D eigenvalue weighted by atomic mass is 16.5. The fourth-order valence-corrected chi connectivity index (χ4v) is 3.64. The summed E-state index contributed by atoms with van der Waals surface area (Å²) in [5, 5.41) is 12.4. The molecule has 3 heterocycles. The van der Waals surface area contributed by atoms with E-state index in [0.717, 1.165) is 25.9 Å². The molecule has 0 amide bonds. The van der Waals surface area contributed by atoms with Gasteiger partial charge in [0.25, 0.3) is 0 Å². The van der Waals surface area contributed by atoms with Crippen LogP contribution in [0.1, 0.15) is 26.7 Å². The molecule has 3 aliphatic rings. The summed E-state index contributed by atoms with van der Waals surface area (Å²) in [6, 6.07) is -0.645. The highest BCUT2D eigenvalue weighted by Crippen LogP contribution is 2.36. The first-order valence-electron chi connectivity index (χ1n) is 7.67. The van der Waals surface area contributed by atoms with E-state index in [1.165, 1.54) is 0 Å². The first-order valence-corrected chi connectivity index (χ1v) is 7.67. The van der Waals surface area contributed by atoms with Crippen molar-refractivity contribution in [1.82, 2.24) is 10.2 Å². The van der Waals surface area contributed by atoms with Crippen LogP contribution in [0.5, 0.6) is 0 Å². The number of fused-ring (bicyclic) bond motifs is 3. The van der Waals surface area contributed by atoms with Gasteiger partial charge in [0.15, 0.2) is 5.78 Å². The van der Waals surface area contributed by atoms with Crippen LogP contribution in [0.3, 0.4) is 0 Å². The molecule has 2 bridgehead atoms. The van der Waals surface area contributed by atoms with Gasteiger partial charge in [-0.2, -0.15) is 0 Å². The van der Waals surface area contributed by atoms with Gasteiger partial charge in [-0.1, -0.05) is 13.8 Å². The number of nitrogens with zero attached hydrogens (tertiary/aromatic N) is 1. The standard InChI is InChI=1S/C15H26N2O4/c1-10(2)12(14(19)20)16-8-15(9-21-3)13(18)11-4-6-17(15)7-5-11/h10-12,16H,4-9H2,1-3H3,(H,19,20)/t12-,15?/m0/s1. The molecule has 120 valence electrons. The summed E-state index contributed by atoms with van der Waals surface area (Å²) in [5.74, 6) is -0.592. The molecule has 3 rings (SSSR count). The average molecular weight is 298 g/mol. The third kappa shape index (κ3) is 2.98. The van der Waals surface area contributed by atoms with Crippen molar-refractivity contribution >= 4 is 11.8 Å². The Labute approximate surface area is 125 Å². The van der Waals surface area contributed by atoms with Crippen molar-refractivity contribution in [2.45, 2.75) is 38.3 Å². The van der Waals surface area contributed by atoms with Gasteiger partial charge < -0.3 is 15.2 Å². The number of carbonyl (C=O) groups excluding carboxylic acids is 1. The van der Waals surface area contributed by atoms with Gasteiger partial charge in [-0.15, -0.1) is 0 Å². The van der Waals surface area contributed by atoms with Gasteiger partial charge in [0, 0.05) is 19.6 Å². The summed E-state index contributed by atoms with van der Waals surface area (Å²) in [5.41, 5.74) is -0.696. The van der Waals surface area contributed by atoms with Crippen molar-refractivity contribution in [2.75, 3.05) is 33.4 Å². The topological polar surface area (TPSA) is 78.9 Å². The molecular weight excluding hydrogens is 272 g/mol. The van der Waals surface area contributed by atoms with Crippen LogP contribution in [-0.2, 0) is 14.3 Å². The Bertz CT molecular complexity index is 404. The molecule has 6 nitrogen and oxygen atoms in total. The van der Waals surface area contributed by atoms with Crippen LogP contribution in [0.25, 0.3) is 0 Å². The lowest BCUT2D eigenvalue weighted by Gasteiger charge is -2.52. The van der Waals surface area contributed by atoms with E-state index in [2.05, 4.69) is 10.2 Å². The molecule has 2 N–H and O–H groups in total. The first-order chi connectivity index (χ1) is 9.92. The third-order valence-electron chi connectivity index (χ3n) is 4.86. The Morgan fingerprint density at radius 2 is 2.10 bits per heavy atom. The second-order valence-corrected chi connectivity index (χ2v) is 6.53. The zero-order valence-corrected chi connectivity index (χ0v) is 13.1. The zero-order valence-electron chi connectivity index (χ0n) is 13.1. The molecule has 0 aromatic carbocycles. The maximum Gasteiger partial charge on any atom is 0.320 e. The van der Waals surface area contributed by atoms with E-state index in [1.807, 2.05) is 13.8 Å². The summed E-state index contributed by atoms with van der Waals surface area (Å²) < 4.78 is 5.31. The number of carbonyl (C=O) groups is 2. The number of methoxy groups -OCH3 is 1. The minimum Gasteiger partial charge on any atom is -0.480 e. The lowest BCUT2D eigenvalue weighted by molar-refractivity contribution is -0.154. The molecule has 0 radical (unpaired) electrons. The van der Waals surface area contributed by atoms with Crippen molar-refractivity contribution in [3.63, 3.8) is 0 Å². The van der Waals surface area contributed by atoms with Crippen LogP contribution >= 0.6 is 0 Å². The average Bonchev–Trinajstić information content (AvgIpc) is 2.44. The normalized spacial score (nSPS) is 33.4. The lowest BCUT2D eigenvalue weighted by atomic mass is 9.73. The summed E-state index contributed by atoms with van der Waals surface area (Å²) in [6.07, 6.45) is 1.83. The third-order valence-corrected chi connectivity index (χ3v) is 4.86. The molecule has 0 spiro atoms. The predicted molar refractivity (Wildman–Crippen MR) is 78.2 cm³/mol. The molecule has 6 heteroatoms.